The lowest BCUT2D eigenvalue weighted by Gasteiger charge is -2.37. The number of carboxylic acid groups (broad SMARTS) is 2. The molecule has 0 radical (unpaired) electrons. The highest BCUT2D eigenvalue weighted by atomic mass is 32.2. The zero-order valence-electron chi connectivity index (χ0n) is 22.2. The van der Waals surface area contributed by atoms with Crippen molar-refractivity contribution in [3.63, 3.8) is 0 Å². The van der Waals surface area contributed by atoms with Gasteiger partial charge in [0.1, 0.15) is 12.1 Å². The highest BCUT2D eigenvalue weighted by molar-refractivity contribution is 7.98. The van der Waals surface area contributed by atoms with Gasteiger partial charge < -0.3 is 27.0 Å². The lowest BCUT2D eigenvalue weighted by atomic mass is 9.70. The van der Waals surface area contributed by atoms with Gasteiger partial charge in [-0.2, -0.15) is 17.0 Å². The summed E-state index contributed by atoms with van der Waals surface area (Å²) in [6.45, 7) is 0. The fraction of sp³-hybridized carbons (Fsp3) is 0.300. The van der Waals surface area contributed by atoms with Gasteiger partial charge in [0.15, 0.2) is 5.78 Å². The van der Waals surface area contributed by atoms with E-state index in [0.717, 1.165) is 16.7 Å². The van der Waals surface area contributed by atoms with Crippen LogP contribution in [0.1, 0.15) is 30.4 Å². The van der Waals surface area contributed by atoms with Crippen molar-refractivity contribution in [2.75, 3.05) is 5.75 Å². The molecule has 4 atom stereocenters. The normalized spacial score (nSPS) is 18.1. The number of hydrogen-bond donors (Lipinski definition) is 5. The van der Waals surface area contributed by atoms with Crippen LogP contribution in [0.25, 0.3) is 11.1 Å². The highest BCUT2D eigenvalue weighted by Gasteiger charge is 2.49. The van der Waals surface area contributed by atoms with E-state index < -0.39 is 47.2 Å². The molecule has 0 heterocycles. The Balaban J connectivity index is 1.64. The summed E-state index contributed by atoms with van der Waals surface area (Å²) in [5.41, 5.74) is 13.7. The number of allylic oxidation sites excluding steroid dienone is 3. The van der Waals surface area contributed by atoms with Gasteiger partial charge in [0.05, 0.1) is 23.1 Å². The Bertz CT molecular complexity index is 1370. The van der Waals surface area contributed by atoms with Gasteiger partial charge in [-0.05, 0) is 41.7 Å². The van der Waals surface area contributed by atoms with E-state index in [1.165, 1.54) is 17.8 Å². The van der Waals surface area contributed by atoms with Crippen LogP contribution in [0.2, 0.25) is 0 Å². The minimum atomic E-state index is -1.60. The summed E-state index contributed by atoms with van der Waals surface area (Å²) in [5, 5.41) is 30.3. The summed E-state index contributed by atoms with van der Waals surface area (Å²) in [6, 6.07) is 13.4. The van der Waals surface area contributed by atoms with Crippen molar-refractivity contribution in [3.05, 3.63) is 84.0 Å². The Kier molecular flexibility index (Phi) is 11.0. The van der Waals surface area contributed by atoms with Crippen molar-refractivity contribution < 1.29 is 29.4 Å². The number of nitrogens with zero attached hydrogens (tertiary/aromatic N) is 1. The molecule has 2 aromatic carbocycles. The predicted molar refractivity (Wildman–Crippen MR) is 155 cm³/mol. The van der Waals surface area contributed by atoms with Crippen LogP contribution < -0.4 is 16.8 Å². The van der Waals surface area contributed by atoms with Crippen LogP contribution in [0.3, 0.4) is 0 Å². The van der Waals surface area contributed by atoms with Crippen LogP contribution in [0, 0.1) is 16.7 Å². The van der Waals surface area contributed by atoms with E-state index >= 15 is 0 Å². The van der Waals surface area contributed by atoms with Gasteiger partial charge in [-0.25, -0.2) is 4.79 Å². The molecule has 1 unspecified atom stereocenters. The molecular formula is C30H32N4O6S. The Morgan fingerprint density at radius 3 is 2.12 bits per heavy atom. The number of thioether (sulfide) groups is 1. The largest absolute Gasteiger partial charge is 0.480 e. The number of benzene rings is 2. The second-order valence-corrected chi connectivity index (χ2v) is 10.8. The molecule has 2 aromatic rings. The standard InChI is InChI=1S/C30H32N4O6S/c31-16-19-4-8-21(9-5-19)22-10-6-20(7-11-22)17-41-18-24(33)27(36)30(14-2-1-3-15-30)26(29(39)40)34-25(35)13-12-23(32)28(37)38/h1-11,14,23-24,26H,12-13,15,17-18,32-33H2,(H,34,35)(H,37,38)(H,39,40)/t23-,24-,26-,30?/m0/s1. The van der Waals surface area contributed by atoms with Gasteiger partial charge in [-0.3, -0.25) is 14.4 Å². The molecule has 0 saturated heterocycles. The lowest BCUT2D eigenvalue weighted by Crippen LogP contribution is -2.59. The molecule has 7 N–H and O–H groups in total. The molecule has 0 fully saturated rings. The number of nitrogens with one attached hydrogen (secondary N) is 1. The zero-order valence-corrected chi connectivity index (χ0v) is 23.0. The summed E-state index contributed by atoms with van der Waals surface area (Å²) in [7, 11) is 0. The average Bonchev–Trinajstić information content (AvgIpc) is 2.98. The van der Waals surface area contributed by atoms with Crippen molar-refractivity contribution >= 4 is 35.4 Å². The second-order valence-electron chi connectivity index (χ2n) is 9.73. The van der Waals surface area contributed by atoms with E-state index in [1.807, 2.05) is 36.4 Å². The molecule has 214 valence electrons. The third kappa shape index (κ3) is 8.14. The molecule has 1 amide bonds. The van der Waals surface area contributed by atoms with Gasteiger partial charge in [-0.1, -0.05) is 60.7 Å². The molecule has 3 rings (SSSR count). The summed E-state index contributed by atoms with van der Waals surface area (Å²) in [6.07, 6.45) is 5.88. The van der Waals surface area contributed by atoms with Crippen LogP contribution in [0.15, 0.2) is 72.8 Å². The van der Waals surface area contributed by atoms with Crippen molar-refractivity contribution in [1.29, 1.82) is 5.26 Å². The number of ketones is 1. The van der Waals surface area contributed by atoms with Crippen molar-refractivity contribution in [1.82, 2.24) is 5.32 Å². The van der Waals surface area contributed by atoms with Crippen LogP contribution in [0.4, 0.5) is 0 Å². The molecule has 0 bridgehead atoms. The number of nitrogens with two attached hydrogens (primary N) is 2. The van der Waals surface area contributed by atoms with E-state index in [2.05, 4.69) is 11.4 Å². The quantitative estimate of drug-likeness (QED) is 0.223. The number of hydrogen-bond acceptors (Lipinski definition) is 8. The summed E-state index contributed by atoms with van der Waals surface area (Å²) >= 11 is 1.43. The maximum Gasteiger partial charge on any atom is 0.327 e. The van der Waals surface area contributed by atoms with E-state index in [-0.39, 0.29) is 25.0 Å². The van der Waals surface area contributed by atoms with Gasteiger partial charge >= 0.3 is 11.9 Å². The number of Topliss-reactive ketones (excluding diaryl/α,β-unsaturated/α-hetero) is 1. The minimum absolute atomic E-state index is 0.0311. The molecule has 10 nitrogen and oxygen atoms in total. The Morgan fingerprint density at radius 2 is 1.59 bits per heavy atom. The number of nitriles is 1. The number of amides is 1. The molecule has 41 heavy (non-hydrogen) atoms. The van der Waals surface area contributed by atoms with Crippen LogP contribution >= 0.6 is 11.8 Å². The summed E-state index contributed by atoms with van der Waals surface area (Å²) in [4.78, 5) is 49.4. The fourth-order valence-corrected chi connectivity index (χ4v) is 5.44. The molecule has 0 aliphatic heterocycles. The first kappa shape index (κ1) is 31.3. The van der Waals surface area contributed by atoms with Crippen LogP contribution in [0.5, 0.6) is 0 Å². The Hall–Kier alpha value is -4.24. The van der Waals surface area contributed by atoms with Gasteiger partial charge in [0, 0.05) is 17.9 Å². The molecular weight excluding hydrogens is 544 g/mol. The summed E-state index contributed by atoms with van der Waals surface area (Å²) in [5.74, 6) is -3.13. The molecule has 1 aliphatic rings. The van der Waals surface area contributed by atoms with Crippen LogP contribution in [-0.4, -0.2) is 57.7 Å². The molecule has 11 heteroatoms. The number of carbonyl (C=O) groups is 4. The van der Waals surface area contributed by atoms with Crippen LogP contribution in [-0.2, 0) is 24.9 Å². The first-order valence-corrected chi connectivity index (χ1v) is 14.0. The van der Waals surface area contributed by atoms with Gasteiger partial charge in [-0.15, -0.1) is 0 Å². The SMILES string of the molecule is N#Cc1ccc(-c2ccc(CSC[C@H](N)C(=O)C3([C@@H](NC(=O)CC[C@H](N)C(=O)O)C(=O)O)C=CC=CC3)cc2)cc1. The Morgan fingerprint density at radius 1 is 0.951 bits per heavy atom. The lowest BCUT2D eigenvalue weighted by molar-refractivity contribution is -0.149. The summed E-state index contributed by atoms with van der Waals surface area (Å²) < 4.78 is 0. The fourth-order valence-electron chi connectivity index (χ4n) is 4.49. The maximum atomic E-state index is 13.6. The van der Waals surface area contributed by atoms with E-state index in [1.54, 1.807) is 30.4 Å². The molecule has 0 spiro atoms. The molecule has 0 aromatic heterocycles. The van der Waals surface area contributed by atoms with Crippen molar-refractivity contribution in [2.45, 2.75) is 43.1 Å². The second kappa shape index (κ2) is 14.4. The third-order valence-electron chi connectivity index (χ3n) is 6.83. The first-order chi connectivity index (χ1) is 19.6. The van der Waals surface area contributed by atoms with Gasteiger partial charge in [0.2, 0.25) is 5.91 Å². The highest BCUT2D eigenvalue weighted by Crippen LogP contribution is 2.35. The molecule has 1 aliphatic carbocycles. The smallest absolute Gasteiger partial charge is 0.327 e. The predicted octanol–water partition coefficient (Wildman–Crippen LogP) is 2.62. The zero-order chi connectivity index (χ0) is 30.0. The number of rotatable bonds is 14. The van der Waals surface area contributed by atoms with E-state index in [4.69, 9.17) is 21.8 Å². The number of carbonyl (C=O) groups excluding carboxylic acids is 2. The Labute approximate surface area is 242 Å². The monoisotopic (exact) mass is 576 g/mol. The first-order valence-electron chi connectivity index (χ1n) is 12.9. The van der Waals surface area contributed by atoms with E-state index in [0.29, 0.717) is 11.3 Å². The minimum Gasteiger partial charge on any atom is -0.480 e. The number of carboxylic acids is 2. The average molecular weight is 577 g/mol. The van der Waals surface area contributed by atoms with Crippen molar-refractivity contribution in [3.8, 4) is 17.2 Å². The molecule has 0 saturated carbocycles. The third-order valence-corrected chi connectivity index (χ3v) is 7.96. The number of aliphatic carboxylic acids is 2. The van der Waals surface area contributed by atoms with Gasteiger partial charge in [0.25, 0.3) is 0 Å². The maximum absolute atomic E-state index is 13.6. The van der Waals surface area contributed by atoms with Crippen molar-refractivity contribution in [2.24, 2.45) is 16.9 Å². The van der Waals surface area contributed by atoms with E-state index in [9.17, 15) is 24.3 Å². The topological polar surface area (TPSA) is 197 Å².